The first-order valence-electron chi connectivity index (χ1n) is 14.2. The van der Waals surface area contributed by atoms with Crippen LogP contribution in [0.2, 0.25) is 0 Å². The Labute approximate surface area is 252 Å². The molecule has 1 spiro atoms. The molecule has 3 amide bonds. The van der Waals surface area contributed by atoms with Crippen molar-refractivity contribution >= 4 is 51.1 Å². The van der Waals surface area contributed by atoms with Gasteiger partial charge in [0.05, 0.1) is 42.4 Å². The molecule has 4 aliphatic rings. The second kappa shape index (κ2) is 12.0. The van der Waals surface area contributed by atoms with Gasteiger partial charge in [-0.1, -0.05) is 64.5 Å². The second-order valence-corrected chi connectivity index (χ2v) is 13.8. The molecule has 3 unspecified atom stereocenters. The van der Waals surface area contributed by atoms with Crippen molar-refractivity contribution in [3.63, 3.8) is 0 Å². The van der Waals surface area contributed by atoms with E-state index in [1.165, 1.54) is 0 Å². The molecule has 3 N–H and O–H groups in total. The summed E-state index contributed by atoms with van der Waals surface area (Å²) in [5, 5.41) is 16.6. The van der Waals surface area contributed by atoms with E-state index in [1.54, 1.807) is 16.7 Å². The average molecular weight is 644 g/mol. The van der Waals surface area contributed by atoms with E-state index in [1.807, 2.05) is 60.7 Å². The number of ether oxygens (including phenoxy) is 1. The number of nitrogens with one attached hydrogen (secondary N) is 2. The van der Waals surface area contributed by atoms with Crippen LogP contribution in [0.15, 0.2) is 60.7 Å². The molecule has 0 saturated carbocycles. The first-order valence-corrected chi connectivity index (χ1v) is 16.0. The number of para-hydroxylation sites is 1. The molecule has 4 heterocycles. The van der Waals surface area contributed by atoms with Crippen LogP contribution < -0.4 is 10.6 Å². The number of thioether (sulfide) groups is 1. The third-order valence-corrected chi connectivity index (χ3v) is 12.1. The summed E-state index contributed by atoms with van der Waals surface area (Å²) in [5.41, 5.74) is 1.42. The highest BCUT2D eigenvalue weighted by atomic mass is 79.9. The number of likely N-dealkylation sites (tertiary alicyclic amines) is 1. The van der Waals surface area contributed by atoms with Crippen LogP contribution in [0.5, 0.6) is 0 Å². The van der Waals surface area contributed by atoms with Crippen molar-refractivity contribution in [2.75, 3.05) is 51.3 Å². The van der Waals surface area contributed by atoms with Gasteiger partial charge >= 0.3 is 0 Å². The normalized spacial score (nSPS) is 31.6. The topological polar surface area (TPSA) is 111 Å². The molecule has 4 fully saturated rings. The SMILES string of the molecule is O=C(NCCN1CCOCC1)C1N([C@H](CO)c2ccccc2)C(=O)[C@@H]2[C@@H](C(=O)Nc3ccccc3)[C@@H]3SC12CC3Br. The van der Waals surface area contributed by atoms with E-state index in [0.717, 1.165) is 18.7 Å². The smallest absolute Gasteiger partial charge is 0.244 e. The van der Waals surface area contributed by atoms with Gasteiger partial charge in [-0.25, -0.2) is 0 Å². The van der Waals surface area contributed by atoms with Crippen LogP contribution in [-0.2, 0) is 19.1 Å². The minimum absolute atomic E-state index is 0.0315. The molecule has 4 aliphatic heterocycles. The number of aliphatic hydroxyl groups excluding tert-OH is 1. The van der Waals surface area contributed by atoms with Crippen LogP contribution in [0, 0.1) is 11.8 Å². The summed E-state index contributed by atoms with van der Waals surface area (Å²) in [6, 6.07) is 17.0. The summed E-state index contributed by atoms with van der Waals surface area (Å²) in [7, 11) is 0. The predicted molar refractivity (Wildman–Crippen MR) is 161 cm³/mol. The maximum Gasteiger partial charge on any atom is 0.244 e. The zero-order valence-electron chi connectivity index (χ0n) is 22.7. The number of rotatable bonds is 9. The molecular formula is C30H35BrN4O5S. The van der Waals surface area contributed by atoms with Gasteiger partial charge in [-0.15, -0.1) is 11.8 Å². The number of carbonyl (C=O) groups excluding carboxylic acids is 3. The van der Waals surface area contributed by atoms with Crippen LogP contribution in [-0.4, -0.2) is 99.5 Å². The summed E-state index contributed by atoms with van der Waals surface area (Å²) >= 11 is 5.40. The van der Waals surface area contributed by atoms with Crippen LogP contribution in [0.4, 0.5) is 5.69 Å². The van der Waals surface area contributed by atoms with Crippen molar-refractivity contribution in [1.82, 2.24) is 15.1 Å². The van der Waals surface area contributed by atoms with Gasteiger partial charge in [0.25, 0.3) is 0 Å². The van der Waals surface area contributed by atoms with Crippen molar-refractivity contribution in [2.45, 2.75) is 33.3 Å². The Morgan fingerprint density at radius 3 is 2.44 bits per heavy atom. The summed E-state index contributed by atoms with van der Waals surface area (Å²) in [5.74, 6) is -1.99. The lowest BCUT2D eigenvalue weighted by molar-refractivity contribution is -0.142. The Hall–Kier alpha value is -2.44. The van der Waals surface area contributed by atoms with Gasteiger partial charge in [0, 0.05) is 41.9 Å². The van der Waals surface area contributed by atoms with Gasteiger partial charge in [0.2, 0.25) is 17.7 Å². The molecule has 7 atom stereocenters. The summed E-state index contributed by atoms with van der Waals surface area (Å²) in [6.45, 7) is 3.79. The van der Waals surface area contributed by atoms with Crippen molar-refractivity contribution in [2.24, 2.45) is 11.8 Å². The summed E-state index contributed by atoms with van der Waals surface area (Å²) in [4.78, 5) is 46.2. The highest BCUT2D eigenvalue weighted by molar-refractivity contribution is 9.09. The van der Waals surface area contributed by atoms with Gasteiger partial charge in [0.1, 0.15) is 6.04 Å². The lowest BCUT2D eigenvalue weighted by Crippen LogP contribution is -2.56. The Morgan fingerprint density at radius 1 is 1.07 bits per heavy atom. The lowest BCUT2D eigenvalue weighted by Gasteiger charge is -2.37. The quantitative estimate of drug-likeness (QED) is 0.360. The third-order valence-electron chi connectivity index (χ3n) is 8.84. The number of hydrogen-bond donors (Lipinski definition) is 3. The van der Waals surface area contributed by atoms with Gasteiger partial charge in [-0.3, -0.25) is 19.3 Å². The first kappa shape index (κ1) is 28.7. The van der Waals surface area contributed by atoms with Crippen molar-refractivity contribution in [1.29, 1.82) is 0 Å². The molecule has 2 aromatic rings. The molecule has 218 valence electrons. The molecular weight excluding hydrogens is 608 g/mol. The molecule has 2 bridgehead atoms. The van der Waals surface area contributed by atoms with Gasteiger partial charge in [-0.2, -0.15) is 0 Å². The van der Waals surface area contributed by atoms with E-state index in [0.29, 0.717) is 38.4 Å². The molecule has 0 aromatic heterocycles. The zero-order chi connectivity index (χ0) is 28.6. The fraction of sp³-hybridized carbons (Fsp3) is 0.500. The number of anilines is 1. The van der Waals surface area contributed by atoms with Crippen LogP contribution in [0.1, 0.15) is 18.0 Å². The number of amides is 3. The third kappa shape index (κ3) is 5.20. The Balaban J connectivity index is 1.32. The van der Waals surface area contributed by atoms with Gasteiger partial charge in [0.15, 0.2) is 0 Å². The molecule has 0 radical (unpaired) electrons. The number of benzene rings is 2. The number of alkyl halides is 1. The Morgan fingerprint density at radius 2 is 1.76 bits per heavy atom. The first-order chi connectivity index (χ1) is 19.9. The van der Waals surface area contributed by atoms with Crippen molar-refractivity contribution in [3.8, 4) is 0 Å². The largest absolute Gasteiger partial charge is 0.394 e. The average Bonchev–Trinajstić information content (AvgIpc) is 3.59. The monoisotopic (exact) mass is 642 g/mol. The number of hydrogen-bond acceptors (Lipinski definition) is 7. The van der Waals surface area contributed by atoms with Crippen LogP contribution in [0.25, 0.3) is 0 Å². The van der Waals surface area contributed by atoms with Gasteiger partial charge in [-0.05, 0) is 24.1 Å². The van der Waals surface area contributed by atoms with Gasteiger partial charge < -0.3 is 25.4 Å². The predicted octanol–water partition coefficient (Wildman–Crippen LogP) is 2.27. The standard InChI is InChI=1S/C30H35BrN4O5S/c31-21-17-30-24(23(25(21)41-30)27(37)33-20-9-5-2-6-10-20)29(39)35(22(18-36)19-7-3-1-4-8-19)26(30)28(38)32-11-12-34-13-15-40-16-14-34/h1-10,21-26,36H,11-18H2,(H,32,38)(H,33,37)/t21?,22-,23-,24+,25-,26?,30?/m1/s1. The maximum atomic E-state index is 14.5. The molecule has 0 aliphatic carbocycles. The fourth-order valence-corrected chi connectivity index (χ4v) is 10.6. The highest BCUT2D eigenvalue weighted by Crippen LogP contribution is 2.68. The molecule has 11 heteroatoms. The minimum Gasteiger partial charge on any atom is -0.394 e. The van der Waals surface area contributed by atoms with E-state index in [9.17, 15) is 19.5 Å². The molecule has 41 heavy (non-hydrogen) atoms. The summed E-state index contributed by atoms with van der Waals surface area (Å²) in [6.07, 6.45) is 0.582. The number of aliphatic hydroxyl groups is 1. The maximum absolute atomic E-state index is 14.5. The van der Waals surface area contributed by atoms with Crippen LogP contribution >= 0.6 is 27.7 Å². The zero-order valence-corrected chi connectivity index (χ0v) is 25.1. The van der Waals surface area contributed by atoms with E-state index in [4.69, 9.17) is 4.74 Å². The molecule has 2 aromatic carbocycles. The minimum atomic E-state index is -0.827. The van der Waals surface area contributed by atoms with Crippen molar-refractivity contribution in [3.05, 3.63) is 66.2 Å². The van der Waals surface area contributed by atoms with E-state index >= 15 is 0 Å². The molecule has 9 nitrogen and oxygen atoms in total. The van der Waals surface area contributed by atoms with E-state index in [-0.39, 0.29) is 34.4 Å². The summed E-state index contributed by atoms with van der Waals surface area (Å²) < 4.78 is 4.64. The Bertz CT molecular complexity index is 1270. The van der Waals surface area contributed by atoms with Crippen molar-refractivity contribution < 1.29 is 24.2 Å². The number of halogens is 1. The molecule has 6 rings (SSSR count). The Kier molecular flexibility index (Phi) is 8.42. The van der Waals surface area contributed by atoms with Crippen LogP contribution in [0.3, 0.4) is 0 Å². The van der Waals surface area contributed by atoms with E-state index in [2.05, 4.69) is 31.5 Å². The lowest BCUT2D eigenvalue weighted by atomic mass is 9.70. The van der Waals surface area contributed by atoms with E-state index < -0.39 is 28.7 Å². The highest BCUT2D eigenvalue weighted by Gasteiger charge is 2.76. The fourth-order valence-electron chi connectivity index (χ4n) is 7.04. The number of carbonyl (C=O) groups is 3. The number of morpholine rings is 1. The second-order valence-electron chi connectivity index (χ2n) is 11.1. The number of nitrogens with zero attached hydrogens (tertiary/aromatic N) is 2. The number of fused-ring (bicyclic) bond motifs is 1. The molecule has 4 saturated heterocycles.